The summed E-state index contributed by atoms with van der Waals surface area (Å²) in [5.74, 6) is 0. The topological polar surface area (TPSA) is 15.7 Å². The summed E-state index contributed by atoms with van der Waals surface area (Å²) in [4.78, 5) is 0. The highest BCUT2D eigenvalue weighted by molar-refractivity contribution is 8.09. The average molecular weight is 222 g/mol. The standard InChI is InChI=1S/C8H19N2OPS/c1-5-11-12(13)9(3)7-6-8(2)10(12)4/h8H,5-7H2,1-4H3. The summed E-state index contributed by atoms with van der Waals surface area (Å²) < 4.78 is 10.2. The van der Waals surface area contributed by atoms with Crippen LogP contribution in [0.15, 0.2) is 0 Å². The van der Waals surface area contributed by atoms with Crippen LogP contribution >= 0.6 is 6.57 Å². The molecule has 3 nitrogen and oxygen atoms in total. The van der Waals surface area contributed by atoms with Crippen molar-refractivity contribution < 1.29 is 4.52 Å². The Morgan fingerprint density at radius 2 is 2.15 bits per heavy atom. The van der Waals surface area contributed by atoms with Crippen LogP contribution in [0.4, 0.5) is 0 Å². The van der Waals surface area contributed by atoms with Gasteiger partial charge in [-0.05, 0) is 46.2 Å². The van der Waals surface area contributed by atoms with E-state index in [2.05, 4.69) is 30.4 Å². The summed E-state index contributed by atoms with van der Waals surface area (Å²) >= 11 is 5.62. The zero-order chi connectivity index (χ0) is 10.1. The van der Waals surface area contributed by atoms with Crippen molar-refractivity contribution in [2.75, 3.05) is 27.2 Å². The predicted octanol–water partition coefficient (Wildman–Crippen LogP) is 1.90. The first-order chi connectivity index (χ1) is 6.02. The van der Waals surface area contributed by atoms with Gasteiger partial charge in [0.05, 0.1) is 6.61 Å². The third-order valence-corrected chi connectivity index (χ3v) is 7.41. The van der Waals surface area contributed by atoms with E-state index in [-0.39, 0.29) is 0 Å². The lowest BCUT2D eigenvalue weighted by atomic mass is 10.2. The van der Waals surface area contributed by atoms with Crippen molar-refractivity contribution in [3.8, 4) is 0 Å². The van der Waals surface area contributed by atoms with Gasteiger partial charge < -0.3 is 4.52 Å². The van der Waals surface area contributed by atoms with Crippen molar-refractivity contribution in [3.63, 3.8) is 0 Å². The van der Waals surface area contributed by atoms with Crippen molar-refractivity contribution in [3.05, 3.63) is 0 Å². The van der Waals surface area contributed by atoms with Gasteiger partial charge in [-0.3, -0.25) is 0 Å². The smallest absolute Gasteiger partial charge is 0.203 e. The first kappa shape index (κ1) is 11.6. The lowest BCUT2D eigenvalue weighted by molar-refractivity contribution is 0.225. The van der Waals surface area contributed by atoms with Crippen molar-refractivity contribution >= 4 is 18.4 Å². The Bertz CT molecular complexity index is 224. The highest BCUT2D eigenvalue weighted by atomic mass is 32.5. The quantitative estimate of drug-likeness (QED) is 0.663. The first-order valence-electron chi connectivity index (χ1n) is 4.72. The average Bonchev–Trinajstić information content (AvgIpc) is 2.10. The molecule has 1 aliphatic rings. The van der Waals surface area contributed by atoms with Crippen LogP contribution in [0, 0.1) is 0 Å². The van der Waals surface area contributed by atoms with Crippen molar-refractivity contribution in [2.45, 2.75) is 26.3 Å². The van der Waals surface area contributed by atoms with Gasteiger partial charge in [0, 0.05) is 12.6 Å². The van der Waals surface area contributed by atoms with Crippen LogP contribution in [0.25, 0.3) is 0 Å². The Labute approximate surface area is 86.2 Å². The minimum absolute atomic E-state index is 0.550. The van der Waals surface area contributed by atoms with Crippen molar-refractivity contribution in [2.24, 2.45) is 0 Å². The van der Waals surface area contributed by atoms with Gasteiger partial charge in [-0.15, -0.1) is 0 Å². The second-order valence-electron chi connectivity index (χ2n) is 3.50. The van der Waals surface area contributed by atoms with Crippen molar-refractivity contribution in [1.29, 1.82) is 0 Å². The Morgan fingerprint density at radius 1 is 1.54 bits per heavy atom. The number of hydrogen-bond acceptors (Lipinski definition) is 2. The highest BCUT2D eigenvalue weighted by Crippen LogP contribution is 2.56. The summed E-state index contributed by atoms with van der Waals surface area (Å²) in [5.41, 5.74) is 0. The maximum absolute atomic E-state index is 5.74. The first-order valence-corrected chi connectivity index (χ1v) is 7.34. The van der Waals surface area contributed by atoms with Crippen LogP contribution in [-0.2, 0) is 16.3 Å². The fourth-order valence-electron chi connectivity index (χ4n) is 1.53. The molecule has 0 aliphatic carbocycles. The van der Waals surface area contributed by atoms with Gasteiger partial charge in [0.15, 0.2) is 0 Å². The maximum atomic E-state index is 5.74. The summed E-state index contributed by atoms with van der Waals surface area (Å²) in [5, 5.41) is 0. The molecule has 0 spiro atoms. The molecule has 2 unspecified atom stereocenters. The maximum Gasteiger partial charge on any atom is 0.203 e. The third-order valence-electron chi connectivity index (χ3n) is 2.64. The Kier molecular flexibility index (Phi) is 3.90. The summed E-state index contributed by atoms with van der Waals surface area (Å²) in [6.07, 6.45) is 1.18. The van der Waals surface area contributed by atoms with Crippen LogP contribution in [0.2, 0.25) is 0 Å². The molecule has 1 rings (SSSR count). The summed E-state index contributed by atoms with van der Waals surface area (Å²) in [7, 11) is 4.15. The molecule has 1 aliphatic heterocycles. The van der Waals surface area contributed by atoms with E-state index >= 15 is 0 Å². The fourth-order valence-corrected chi connectivity index (χ4v) is 4.76. The predicted molar refractivity (Wildman–Crippen MR) is 60.4 cm³/mol. The summed E-state index contributed by atoms with van der Waals surface area (Å²) in [6, 6.07) is 0.550. The lowest BCUT2D eigenvalue weighted by Crippen LogP contribution is -2.41. The van der Waals surface area contributed by atoms with Crippen molar-refractivity contribution in [1.82, 2.24) is 9.34 Å². The van der Waals surface area contributed by atoms with E-state index in [1.165, 1.54) is 6.42 Å². The molecule has 0 N–H and O–H groups in total. The van der Waals surface area contributed by atoms with Gasteiger partial charge in [-0.2, -0.15) is 0 Å². The number of hydrogen-bond donors (Lipinski definition) is 0. The van der Waals surface area contributed by atoms with E-state index in [1.54, 1.807) is 0 Å². The lowest BCUT2D eigenvalue weighted by Gasteiger charge is -2.45. The molecule has 0 radical (unpaired) electrons. The molecule has 78 valence electrons. The largest absolute Gasteiger partial charge is 0.327 e. The highest BCUT2D eigenvalue weighted by Gasteiger charge is 2.35. The normalized spacial score (nSPS) is 38.0. The van der Waals surface area contributed by atoms with E-state index in [1.807, 2.05) is 6.92 Å². The van der Waals surface area contributed by atoms with Gasteiger partial charge >= 0.3 is 0 Å². The van der Waals surface area contributed by atoms with Gasteiger partial charge in [0.2, 0.25) is 6.57 Å². The molecule has 2 atom stereocenters. The van der Waals surface area contributed by atoms with Crippen LogP contribution in [0.3, 0.4) is 0 Å². The van der Waals surface area contributed by atoms with E-state index in [0.717, 1.165) is 6.54 Å². The minimum Gasteiger partial charge on any atom is -0.327 e. The molecule has 13 heavy (non-hydrogen) atoms. The molecular weight excluding hydrogens is 203 g/mol. The second-order valence-corrected chi connectivity index (χ2v) is 7.48. The molecule has 0 aromatic rings. The van der Waals surface area contributed by atoms with E-state index < -0.39 is 6.57 Å². The fraction of sp³-hybridized carbons (Fsp3) is 1.00. The monoisotopic (exact) mass is 222 g/mol. The zero-order valence-electron chi connectivity index (χ0n) is 8.86. The Hall–Kier alpha value is 0.530. The molecule has 0 saturated carbocycles. The van der Waals surface area contributed by atoms with Gasteiger partial charge in [-0.1, -0.05) is 0 Å². The molecule has 5 heteroatoms. The number of nitrogens with zero attached hydrogens (tertiary/aromatic N) is 2. The summed E-state index contributed by atoms with van der Waals surface area (Å²) in [6.45, 7) is 4.14. The second kappa shape index (κ2) is 4.37. The van der Waals surface area contributed by atoms with E-state index in [0.29, 0.717) is 12.6 Å². The Balaban J connectivity index is 2.82. The van der Waals surface area contributed by atoms with E-state index in [4.69, 9.17) is 16.3 Å². The van der Waals surface area contributed by atoms with Gasteiger partial charge in [0.1, 0.15) is 0 Å². The molecule has 1 heterocycles. The molecular formula is C8H19N2OPS. The molecule has 0 aromatic heterocycles. The molecule has 0 aromatic carbocycles. The Morgan fingerprint density at radius 3 is 2.69 bits per heavy atom. The van der Waals surface area contributed by atoms with E-state index in [9.17, 15) is 0 Å². The van der Waals surface area contributed by atoms with Gasteiger partial charge in [0.25, 0.3) is 0 Å². The molecule has 1 fully saturated rings. The molecule has 1 saturated heterocycles. The number of rotatable bonds is 2. The SMILES string of the molecule is CCOP1(=S)N(C)CCC(C)N1C. The van der Waals surface area contributed by atoms with Crippen LogP contribution < -0.4 is 0 Å². The molecule has 0 amide bonds. The molecule has 0 bridgehead atoms. The van der Waals surface area contributed by atoms with Crippen LogP contribution in [0.5, 0.6) is 0 Å². The minimum atomic E-state index is -1.85. The van der Waals surface area contributed by atoms with Crippen LogP contribution in [0.1, 0.15) is 20.3 Å². The zero-order valence-corrected chi connectivity index (χ0v) is 10.6. The van der Waals surface area contributed by atoms with Gasteiger partial charge in [-0.25, -0.2) is 9.34 Å². The van der Waals surface area contributed by atoms with Crippen LogP contribution in [-0.4, -0.2) is 42.6 Å². The third kappa shape index (κ3) is 2.13.